The molecule has 0 unspecified atom stereocenters. The smallest absolute Gasteiger partial charge is 0.266 e. The van der Waals surface area contributed by atoms with Gasteiger partial charge in [-0.15, -0.1) is 0 Å². The minimum absolute atomic E-state index is 0.0651. The molecule has 0 radical (unpaired) electrons. The highest BCUT2D eigenvalue weighted by atomic mass is 79.9. The van der Waals surface area contributed by atoms with Crippen LogP contribution in [0.4, 0.5) is 5.69 Å². The van der Waals surface area contributed by atoms with Gasteiger partial charge in [0.25, 0.3) is 5.91 Å². The van der Waals surface area contributed by atoms with Crippen molar-refractivity contribution in [3.05, 3.63) is 79.9 Å². The van der Waals surface area contributed by atoms with Crippen LogP contribution in [0.1, 0.15) is 5.76 Å². The van der Waals surface area contributed by atoms with E-state index in [0.29, 0.717) is 22.2 Å². The van der Waals surface area contributed by atoms with Crippen molar-refractivity contribution in [1.29, 1.82) is 5.26 Å². The number of carbonyl (C=O) groups is 1. The maximum atomic E-state index is 12.3. The lowest BCUT2D eigenvalue weighted by molar-refractivity contribution is -0.112. The molecule has 0 saturated carbocycles. The summed E-state index contributed by atoms with van der Waals surface area (Å²) in [6.07, 6.45) is 1.40. The molecular formula is C20H11Br2ClN2O2. The topological polar surface area (TPSA) is 66.0 Å². The zero-order valence-electron chi connectivity index (χ0n) is 13.7. The first-order valence-electron chi connectivity index (χ1n) is 7.70. The summed E-state index contributed by atoms with van der Waals surface area (Å²) in [4.78, 5) is 12.3. The molecule has 0 aliphatic rings. The Morgan fingerprint density at radius 1 is 1.15 bits per heavy atom. The van der Waals surface area contributed by atoms with Gasteiger partial charge < -0.3 is 9.73 Å². The van der Waals surface area contributed by atoms with Crippen LogP contribution in [-0.4, -0.2) is 5.91 Å². The molecule has 0 bridgehead atoms. The van der Waals surface area contributed by atoms with E-state index in [-0.39, 0.29) is 5.57 Å². The molecule has 2 aromatic carbocycles. The molecule has 0 saturated heterocycles. The Balaban J connectivity index is 1.82. The van der Waals surface area contributed by atoms with Crippen molar-refractivity contribution in [1.82, 2.24) is 0 Å². The number of hydrogen-bond donors (Lipinski definition) is 1. The van der Waals surface area contributed by atoms with Crippen molar-refractivity contribution in [2.75, 3.05) is 5.32 Å². The Hall–Kier alpha value is -2.33. The van der Waals surface area contributed by atoms with Crippen LogP contribution >= 0.6 is 43.5 Å². The molecule has 1 N–H and O–H groups in total. The van der Waals surface area contributed by atoms with E-state index in [1.807, 2.05) is 24.3 Å². The van der Waals surface area contributed by atoms with Crippen LogP contribution in [0.3, 0.4) is 0 Å². The lowest BCUT2D eigenvalue weighted by Gasteiger charge is -2.04. The number of benzene rings is 2. The second-order valence-electron chi connectivity index (χ2n) is 5.47. The van der Waals surface area contributed by atoms with Gasteiger partial charge in [0.2, 0.25) is 0 Å². The number of nitriles is 1. The van der Waals surface area contributed by atoms with Gasteiger partial charge in [-0.05, 0) is 58.4 Å². The van der Waals surface area contributed by atoms with Crippen molar-refractivity contribution in [3.8, 4) is 17.4 Å². The third-order valence-corrected chi connectivity index (χ3v) is 5.29. The number of carbonyl (C=O) groups excluding carboxylic acids is 1. The predicted octanol–water partition coefficient (Wildman–Crippen LogP) is 6.67. The summed E-state index contributed by atoms with van der Waals surface area (Å²) in [5.41, 5.74) is 1.31. The van der Waals surface area contributed by atoms with E-state index >= 15 is 0 Å². The van der Waals surface area contributed by atoms with E-state index in [1.54, 1.807) is 36.4 Å². The van der Waals surface area contributed by atoms with Crippen molar-refractivity contribution in [2.45, 2.75) is 0 Å². The average molecular weight is 507 g/mol. The Morgan fingerprint density at radius 2 is 1.96 bits per heavy atom. The molecule has 1 aromatic heterocycles. The number of nitrogens with zero attached hydrogens (tertiary/aromatic N) is 1. The number of furan rings is 1. The van der Waals surface area contributed by atoms with Gasteiger partial charge in [0.15, 0.2) is 0 Å². The Labute approximate surface area is 177 Å². The van der Waals surface area contributed by atoms with Crippen molar-refractivity contribution < 1.29 is 9.21 Å². The highest BCUT2D eigenvalue weighted by Gasteiger charge is 2.12. The summed E-state index contributed by atoms with van der Waals surface area (Å²) >= 11 is 12.8. The maximum absolute atomic E-state index is 12.3. The molecule has 0 spiro atoms. The van der Waals surface area contributed by atoms with E-state index in [0.717, 1.165) is 14.5 Å². The maximum Gasteiger partial charge on any atom is 0.266 e. The zero-order chi connectivity index (χ0) is 19.4. The number of anilines is 1. The predicted molar refractivity (Wildman–Crippen MR) is 113 cm³/mol. The number of amides is 1. The van der Waals surface area contributed by atoms with Crippen LogP contribution in [0.2, 0.25) is 5.02 Å². The van der Waals surface area contributed by atoms with Crippen molar-refractivity contribution >= 4 is 61.1 Å². The molecule has 0 aliphatic carbocycles. The van der Waals surface area contributed by atoms with E-state index in [1.165, 1.54) is 6.08 Å². The van der Waals surface area contributed by atoms with Crippen LogP contribution in [0.15, 0.2) is 73.5 Å². The van der Waals surface area contributed by atoms with Gasteiger partial charge >= 0.3 is 0 Å². The number of nitrogens with one attached hydrogen (secondary N) is 1. The van der Waals surface area contributed by atoms with Gasteiger partial charge in [0.05, 0.1) is 5.02 Å². The Morgan fingerprint density at radius 3 is 2.67 bits per heavy atom. The molecule has 134 valence electrons. The number of hydrogen-bond acceptors (Lipinski definition) is 3. The SMILES string of the molecule is N#C/C(=C/c1ccc(-c2ccc(Br)c(Cl)c2)o1)C(=O)Nc1cccc(Br)c1. The van der Waals surface area contributed by atoms with E-state index in [4.69, 9.17) is 16.0 Å². The summed E-state index contributed by atoms with van der Waals surface area (Å²) < 4.78 is 7.34. The standard InChI is InChI=1S/C20H11Br2ClN2O2/c21-14-2-1-3-15(10-14)25-20(26)13(11-24)8-16-5-7-19(27-16)12-4-6-17(22)18(23)9-12/h1-10H,(H,25,26)/b13-8-. The van der Waals surface area contributed by atoms with Crippen LogP contribution < -0.4 is 5.32 Å². The molecule has 0 aliphatic heterocycles. The Bertz CT molecular complexity index is 1080. The molecular weight excluding hydrogens is 495 g/mol. The first kappa shape index (κ1) is 19.4. The van der Waals surface area contributed by atoms with E-state index in [9.17, 15) is 10.1 Å². The van der Waals surface area contributed by atoms with E-state index in [2.05, 4.69) is 37.2 Å². The zero-order valence-corrected chi connectivity index (χ0v) is 17.6. The van der Waals surface area contributed by atoms with Gasteiger partial charge in [-0.3, -0.25) is 4.79 Å². The summed E-state index contributed by atoms with van der Waals surface area (Å²) in [5, 5.41) is 12.6. The van der Waals surface area contributed by atoms with Crippen LogP contribution in [0.25, 0.3) is 17.4 Å². The highest BCUT2D eigenvalue weighted by molar-refractivity contribution is 9.10. The third-order valence-electron chi connectivity index (χ3n) is 3.57. The van der Waals surface area contributed by atoms with Gasteiger partial charge in [-0.1, -0.05) is 39.7 Å². The van der Waals surface area contributed by atoms with Crippen LogP contribution in [0, 0.1) is 11.3 Å². The highest BCUT2D eigenvalue weighted by Crippen LogP contribution is 2.30. The average Bonchev–Trinajstić information content (AvgIpc) is 3.10. The van der Waals surface area contributed by atoms with Gasteiger partial charge in [0.1, 0.15) is 23.2 Å². The minimum Gasteiger partial charge on any atom is -0.457 e. The molecule has 1 amide bonds. The summed E-state index contributed by atoms with van der Waals surface area (Å²) in [6, 6.07) is 17.9. The Kier molecular flexibility index (Phi) is 6.17. The molecule has 0 atom stereocenters. The summed E-state index contributed by atoms with van der Waals surface area (Å²) in [5.74, 6) is 0.463. The van der Waals surface area contributed by atoms with Gasteiger partial charge in [-0.2, -0.15) is 5.26 Å². The van der Waals surface area contributed by atoms with Crippen molar-refractivity contribution in [3.63, 3.8) is 0 Å². The fourth-order valence-corrected chi connectivity index (χ4v) is 3.12. The summed E-state index contributed by atoms with van der Waals surface area (Å²) in [7, 11) is 0. The molecule has 0 fully saturated rings. The second-order valence-corrected chi connectivity index (χ2v) is 7.64. The monoisotopic (exact) mass is 504 g/mol. The van der Waals surface area contributed by atoms with Gasteiger partial charge in [0, 0.05) is 26.3 Å². The third kappa shape index (κ3) is 4.89. The molecule has 3 aromatic rings. The first-order chi connectivity index (χ1) is 13.0. The minimum atomic E-state index is -0.514. The van der Waals surface area contributed by atoms with Crippen LogP contribution in [0.5, 0.6) is 0 Å². The fraction of sp³-hybridized carbons (Fsp3) is 0. The molecule has 7 heteroatoms. The lowest BCUT2D eigenvalue weighted by atomic mass is 10.2. The second kappa shape index (κ2) is 8.57. The molecule has 27 heavy (non-hydrogen) atoms. The largest absolute Gasteiger partial charge is 0.457 e. The lowest BCUT2D eigenvalue weighted by Crippen LogP contribution is -2.13. The fourth-order valence-electron chi connectivity index (χ4n) is 2.29. The molecule has 3 rings (SSSR count). The quantitative estimate of drug-likeness (QED) is 0.317. The molecule has 4 nitrogen and oxygen atoms in total. The summed E-state index contributed by atoms with van der Waals surface area (Å²) in [6.45, 7) is 0. The number of halogens is 3. The number of rotatable bonds is 4. The van der Waals surface area contributed by atoms with Gasteiger partial charge in [-0.25, -0.2) is 0 Å². The van der Waals surface area contributed by atoms with Crippen LogP contribution in [-0.2, 0) is 4.79 Å². The van der Waals surface area contributed by atoms with Crippen molar-refractivity contribution in [2.24, 2.45) is 0 Å². The van der Waals surface area contributed by atoms with E-state index < -0.39 is 5.91 Å². The normalized spacial score (nSPS) is 11.1. The first-order valence-corrected chi connectivity index (χ1v) is 9.66. The molecule has 1 heterocycles.